The fourth-order valence-electron chi connectivity index (χ4n) is 2.27. The molecule has 18 heavy (non-hydrogen) atoms. The van der Waals surface area contributed by atoms with Gasteiger partial charge >= 0.3 is 0 Å². The summed E-state index contributed by atoms with van der Waals surface area (Å²) in [5.41, 5.74) is 0.346. The zero-order valence-electron chi connectivity index (χ0n) is 10.6. The van der Waals surface area contributed by atoms with Gasteiger partial charge in [-0.05, 0) is 31.9 Å². The number of carbonyl (C=O) groups is 1. The van der Waals surface area contributed by atoms with E-state index in [1.54, 1.807) is 0 Å². The van der Waals surface area contributed by atoms with Crippen LogP contribution in [-0.4, -0.2) is 29.6 Å². The van der Waals surface area contributed by atoms with Crippen LogP contribution in [0.5, 0.6) is 0 Å². The van der Waals surface area contributed by atoms with E-state index in [1.807, 2.05) is 37.3 Å². The first-order valence-electron chi connectivity index (χ1n) is 6.38. The lowest BCUT2D eigenvalue weighted by Gasteiger charge is -2.24. The number of aliphatic hydroxyl groups excluding tert-OH is 1. The van der Waals surface area contributed by atoms with Crippen molar-refractivity contribution in [3.8, 4) is 0 Å². The molecule has 0 aliphatic carbocycles. The topological polar surface area (TPSA) is 61.4 Å². The second-order valence-corrected chi connectivity index (χ2v) is 5.00. The Labute approximate surface area is 107 Å². The van der Waals surface area contributed by atoms with E-state index in [9.17, 15) is 9.90 Å². The van der Waals surface area contributed by atoms with Gasteiger partial charge in [-0.1, -0.05) is 30.3 Å². The molecule has 1 aromatic rings. The highest BCUT2D eigenvalue weighted by Crippen LogP contribution is 2.19. The summed E-state index contributed by atoms with van der Waals surface area (Å²) in [5.74, 6) is -0.0324. The first-order valence-corrected chi connectivity index (χ1v) is 6.38. The van der Waals surface area contributed by atoms with Crippen molar-refractivity contribution in [1.29, 1.82) is 0 Å². The maximum atomic E-state index is 12.0. The SMILES string of the molecule is CC1(C(=O)NCC(O)c2ccccc2)CCCN1. The summed E-state index contributed by atoms with van der Waals surface area (Å²) >= 11 is 0. The summed E-state index contributed by atoms with van der Waals surface area (Å²) in [6.45, 7) is 3.04. The van der Waals surface area contributed by atoms with Gasteiger partial charge in [0.1, 0.15) is 0 Å². The Hall–Kier alpha value is -1.39. The van der Waals surface area contributed by atoms with Crippen LogP contribution in [0.1, 0.15) is 31.4 Å². The van der Waals surface area contributed by atoms with Gasteiger partial charge in [-0.3, -0.25) is 4.79 Å². The van der Waals surface area contributed by atoms with Crippen molar-refractivity contribution >= 4 is 5.91 Å². The van der Waals surface area contributed by atoms with Crippen molar-refractivity contribution in [3.05, 3.63) is 35.9 Å². The van der Waals surface area contributed by atoms with Crippen LogP contribution in [-0.2, 0) is 4.79 Å². The highest BCUT2D eigenvalue weighted by Gasteiger charge is 2.35. The number of hydrogen-bond donors (Lipinski definition) is 3. The maximum Gasteiger partial charge on any atom is 0.240 e. The summed E-state index contributed by atoms with van der Waals surface area (Å²) in [4.78, 5) is 12.0. The molecule has 0 bridgehead atoms. The smallest absolute Gasteiger partial charge is 0.240 e. The normalized spacial score (nSPS) is 24.8. The molecule has 2 rings (SSSR count). The van der Waals surface area contributed by atoms with Gasteiger partial charge < -0.3 is 15.7 Å². The van der Waals surface area contributed by atoms with Gasteiger partial charge in [-0.25, -0.2) is 0 Å². The van der Waals surface area contributed by atoms with Gasteiger partial charge in [0.15, 0.2) is 0 Å². The highest BCUT2D eigenvalue weighted by atomic mass is 16.3. The van der Waals surface area contributed by atoms with Crippen LogP contribution in [0.4, 0.5) is 0 Å². The van der Waals surface area contributed by atoms with Crippen molar-refractivity contribution in [3.63, 3.8) is 0 Å². The van der Waals surface area contributed by atoms with Crippen LogP contribution in [0, 0.1) is 0 Å². The van der Waals surface area contributed by atoms with E-state index in [0.717, 1.165) is 24.9 Å². The average molecular weight is 248 g/mol. The van der Waals surface area contributed by atoms with Crippen molar-refractivity contribution < 1.29 is 9.90 Å². The molecule has 1 saturated heterocycles. The van der Waals surface area contributed by atoms with Crippen LogP contribution in [0.2, 0.25) is 0 Å². The summed E-state index contributed by atoms with van der Waals surface area (Å²) < 4.78 is 0. The van der Waals surface area contributed by atoms with E-state index in [2.05, 4.69) is 10.6 Å². The molecule has 1 fully saturated rings. The highest BCUT2D eigenvalue weighted by molar-refractivity contribution is 5.86. The Bertz CT molecular complexity index is 400. The summed E-state index contributed by atoms with van der Waals surface area (Å²) in [7, 11) is 0. The minimum atomic E-state index is -0.653. The quantitative estimate of drug-likeness (QED) is 0.744. The molecular weight excluding hydrogens is 228 g/mol. The average Bonchev–Trinajstić information content (AvgIpc) is 2.85. The van der Waals surface area contributed by atoms with Gasteiger partial charge in [0.05, 0.1) is 11.6 Å². The molecule has 0 aromatic heterocycles. The molecule has 0 spiro atoms. The van der Waals surface area contributed by atoms with Crippen molar-refractivity contribution in [2.75, 3.05) is 13.1 Å². The van der Waals surface area contributed by atoms with E-state index >= 15 is 0 Å². The van der Waals surface area contributed by atoms with Crippen molar-refractivity contribution in [1.82, 2.24) is 10.6 Å². The standard InChI is InChI=1S/C14H20N2O2/c1-14(8-5-9-16-14)13(18)15-10-12(17)11-6-3-2-4-7-11/h2-4,6-7,12,16-17H,5,8-10H2,1H3,(H,15,18). The molecule has 4 nitrogen and oxygen atoms in total. The number of amides is 1. The maximum absolute atomic E-state index is 12.0. The van der Waals surface area contributed by atoms with E-state index in [0.29, 0.717) is 0 Å². The minimum Gasteiger partial charge on any atom is -0.387 e. The molecule has 1 heterocycles. The minimum absolute atomic E-state index is 0.0324. The summed E-state index contributed by atoms with van der Waals surface area (Å²) in [5, 5.41) is 16.0. The molecule has 4 heteroatoms. The molecule has 1 amide bonds. The third-order valence-electron chi connectivity index (χ3n) is 3.51. The molecular formula is C14H20N2O2. The van der Waals surface area contributed by atoms with Gasteiger partial charge in [-0.15, -0.1) is 0 Å². The lowest BCUT2D eigenvalue weighted by atomic mass is 9.99. The number of aliphatic hydroxyl groups is 1. The van der Waals surface area contributed by atoms with E-state index in [-0.39, 0.29) is 12.5 Å². The Balaban J connectivity index is 1.86. The molecule has 1 aliphatic heterocycles. The predicted octanol–water partition coefficient (Wildman–Crippen LogP) is 0.978. The van der Waals surface area contributed by atoms with Crippen LogP contribution in [0.3, 0.4) is 0 Å². The van der Waals surface area contributed by atoms with Crippen LogP contribution >= 0.6 is 0 Å². The van der Waals surface area contributed by atoms with Gasteiger partial charge in [0, 0.05) is 6.54 Å². The monoisotopic (exact) mass is 248 g/mol. The van der Waals surface area contributed by atoms with Crippen LogP contribution in [0.25, 0.3) is 0 Å². The van der Waals surface area contributed by atoms with Crippen LogP contribution in [0.15, 0.2) is 30.3 Å². The molecule has 98 valence electrons. The third kappa shape index (κ3) is 2.89. The lowest BCUT2D eigenvalue weighted by molar-refractivity contribution is -0.127. The molecule has 0 radical (unpaired) electrons. The fraction of sp³-hybridized carbons (Fsp3) is 0.500. The van der Waals surface area contributed by atoms with E-state index in [1.165, 1.54) is 0 Å². The Morgan fingerprint density at radius 2 is 2.22 bits per heavy atom. The molecule has 3 N–H and O–H groups in total. The first-order chi connectivity index (χ1) is 8.62. The Morgan fingerprint density at radius 3 is 2.83 bits per heavy atom. The summed E-state index contributed by atoms with van der Waals surface area (Å²) in [6, 6.07) is 9.36. The second-order valence-electron chi connectivity index (χ2n) is 5.00. The van der Waals surface area contributed by atoms with Crippen molar-refractivity contribution in [2.24, 2.45) is 0 Å². The zero-order chi connectivity index (χ0) is 13.0. The molecule has 2 atom stereocenters. The molecule has 1 aliphatic rings. The first kappa shape index (κ1) is 13.1. The van der Waals surface area contributed by atoms with E-state index < -0.39 is 11.6 Å². The molecule has 1 aromatic carbocycles. The molecule has 0 saturated carbocycles. The van der Waals surface area contributed by atoms with E-state index in [4.69, 9.17) is 0 Å². The number of nitrogens with one attached hydrogen (secondary N) is 2. The third-order valence-corrected chi connectivity index (χ3v) is 3.51. The van der Waals surface area contributed by atoms with Crippen LogP contribution < -0.4 is 10.6 Å². The van der Waals surface area contributed by atoms with Gasteiger partial charge in [-0.2, -0.15) is 0 Å². The number of benzene rings is 1. The Kier molecular flexibility index (Phi) is 3.99. The fourth-order valence-corrected chi connectivity index (χ4v) is 2.27. The predicted molar refractivity (Wildman–Crippen MR) is 70.1 cm³/mol. The number of carbonyl (C=O) groups excluding carboxylic acids is 1. The Morgan fingerprint density at radius 1 is 1.50 bits per heavy atom. The largest absolute Gasteiger partial charge is 0.387 e. The summed E-state index contributed by atoms with van der Waals surface area (Å²) in [6.07, 6.45) is 1.21. The number of hydrogen-bond acceptors (Lipinski definition) is 3. The zero-order valence-corrected chi connectivity index (χ0v) is 10.6. The second kappa shape index (κ2) is 5.50. The number of rotatable bonds is 4. The molecule has 2 unspecified atom stereocenters. The van der Waals surface area contributed by atoms with Crippen molar-refractivity contribution in [2.45, 2.75) is 31.4 Å². The van der Waals surface area contributed by atoms with Gasteiger partial charge in [0.25, 0.3) is 0 Å². The van der Waals surface area contributed by atoms with Gasteiger partial charge in [0.2, 0.25) is 5.91 Å². The lowest BCUT2D eigenvalue weighted by Crippen LogP contribution is -2.51.